The van der Waals surface area contributed by atoms with Crippen LogP contribution in [0.2, 0.25) is 0 Å². The van der Waals surface area contributed by atoms with Crippen molar-refractivity contribution in [2.45, 2.75) is 317 Å². The number of phenolic OH excluding ortho intramolecular Hbond substituents is 5. The summed E-state index contributed by atoms with van der Waals surface area (Å²) in [5, 5.41) is 75.8. The van der Waals surface area contributed by atoms with Crippen molar-refractivity contribution in [3.05, 3.63) is 236 Å². The Labute approximate surface area is 794 Å². The number of aromatic hydroxyl groups is 5. The summed E-state index contributed by atoms with van der Waals surface area (Å²) in [5.41, 5.74) is 18.4. The Morgan fingerprint density at radius 3 is 1.82 bits per heavy atom. The second kappa shape index (κ2) is 47.4. The van der Waals surface area contributed by atoms with Gasteiger partial charge in [-0.05, 0) is 287 Å². The lowest BCUT2D eigenvalue weighted by atomic mass is 9.68. The molecular formula is C115H156N2O15S. The Bertz CT molecular complexity index is 5580. The number of para-hydroxylation sites is 1. The number of aromatic nitrogens is 1. The second-order valence-corrected chi connectivity index (χ2v) is 42.1. The van der Waals surface area contributed by atoms with E-state index in [2.05, 4.69) is 186 Å². The third kappa shape index (κ3) is 27.1. The minimum atomic E-state index is -3.67. The van der Waals surface area contributed by atoms with E-state index in [1.54, 1.807) is 0 Å². The van der Waals surface area contributed by atoms with E-state index in [9.17, 15) is 49.0 Å². The zero-order valence-corrected chi connectivity index (χ0v) is 83.6. The molecule has 8 N–H and O–H groups in total. The number of aliphatic hydroxyl groups excluding tert-OH is 2. The number of hydrogen-bond donors (Lipinski definition) is 8. The summed E-state index contributed by atoms with van der Waals surface area (Å²) in [5.74, 6) is 5.84. The smallest absolute Gasteiger partial charge is 0.261 e. The summed E-state index contributed by atoms with van der Waals surface area (Å²) in [6.07, 6.45) is 33.3. The number of morpholine rings is 1. The third-order valence-electron chi connectivity index (χ3n) is 28.6. The van der Waals surface area contributed by atoms with Crippen molar-refractivity contribution in [2.24, 2.45) is 17.8 Å². The van der Waals surface area contributed by atoms with Gasteiger partial charge in [0.05, 0.1) is 48.3 Å². The molecule has 1 aromatic heterocycles. The summed E-state index contributed by atoms with van der Waals surface area (Å²) in [4.78, 5) is 16.2. The predicted octanol–water partition coefficient (Wildman–Crippen LogP) is 27.1. The van der Waals surface area contributed by atoms with Crippen LogP contribution in [0.25, 0.3) is 32.8 Å². The molecule has 7 aliphatic rings. The lowest BCUT2D eigenvalue weighted by Gasteiger charge is -2.46. The Balaban J connectivity index is 0.000000159. The molecular weight excluding hydrogens is 1680 g/mol. The fraction of sp³-hybridized carbons (Fsp3) is 0.522. The highest BCUT2D eigenvalue weighted by molar-refractivity contribution is 7.85. The average molecular weight is 1840 g/mol. The number of allylic oxidation sites excluding steroid dienone is 5. The number of benzene rings is 8. The zero-order chi connectivity index (χ0) is 96.2. The molecule has 1 saturated carbocycles. The number of phenols is 5. The number of fused-ring (bicyclic) bond motifs is 7. The standard InChI is InChI=1S/C27H26N2O3.C24H40O3.C21H30O2.C21H26O2.C21H30O2.CH4O3S/c1-18-25(27(30)21-10-9-19-5-2-3-6-20(19)15-21)23-7-4-8-24-26(23)29(18)22(17-32-24)16-28-11-13-31-14-12-28;1-4-5-6-7-14-24(2,3)19-11-13-21(23(27)16-19)22-17-20(26)12-10-18(22)9-8-15-25;2*1-5-6-7-8-15-12-18(22)20-16-11-14(2)9-10-17(16)21(3,4)23-19(20)13-15;1-5-6-7-8-16-12-19(22)21(20(23)13-16)18-11-15(4)9-10-17(18)14(2)3;1-5(2,3)4/h2-10,15,22H,11-14,16-17H2,1H3;11,13,16,18,20,22,25-27H,4-10,12,14-15,17H2,1-3H3;11-13,16-17,22H,5-10H2,1-4H3;9-13,22H,5-8H2,1-4H3;11-13,17-18,22-23H,2,5-10H2,1,3-4H3;1H3,(H,2,3,4)/t22-;18-,20-,22-;16-,17-;;17-,18+;/m111.0./s1. The first-order chi connectivity index (χ1) is 63.4. The van der Waals surface area contributed by atoms with Crippen molar-refractivity contribution in [3.8, 4) is 57.1 Å². The molecule has 0 spiro atoms. The van der Waals surface area contributed by atoms with Gasteiger partial charge in [-0.15, -0.1) is 0 Å². The van der Waals surface area contributed by atoms with Gasteiger partial charge in [0, 0.05) is 77.3 Å². The number of aryl methyl sites for hydroxylation is 4. The van der Waals surface area contributed by atoms with Crippen molar-refractivity contribution >= 4 is 37.6 Å². The summed E-state index contributed by atoms with van der Waals surface area (Å²) in [6.45, 7) is 41.7. The number of ether oxygens (including phenoxy) is 4. The molecule has 4 aliphatic heterocycles. The zero-order valence-electron chi connectivity index (χ0n) is 82.8. The minimum Gasteiger partial charge on any atom is -0.508 e. The van der Waals surface area contributed by atoms with Gasteiger partial charge in [0.25, 0.3) is 10.1 Å². The van der Waals surface area contributed by atoms with Gasteiger partial charge in [-0.25, -0.2) is 0 Å². The van der Waals surface area contributed by atoms with Gasteiger partial charge in [-0.2, -0.15) is 8.42 Å². The molecule has 17 nitrogen and oxygen atoms in total. The van der Waals surface area contributed by atoms with Crippen LogP contribution in [0, 0.1) is 31.6 Å². The summed E-state index contributed by atoms with van der Waals surface area (Å²) in [6, 6.07) is 44.8. The maximum atomic E-state index is 13.8. The summed E-state index contributed by atoms with van der Waals surface area (Å²) in [7, 11) is -3.67. The molecule has 0 radical (unpaired) electrons. The largest absolute Gasteiger partial charge is 0.508 e. The topological polar surface area (TPSA) is 258 Å². The molecule has 16 rings (SSSR count). The number of unbranched alkanes of at least 4 members (excludes halogenated alkanes) is 9. The Hall–Kier alpha value is -9.40. The third-order valence-corrected chi connectivity index (χ3v) is 28.6. The molecule has 0 bridgehead atoms. The minimum absolute atomic E-state index is 0.0194. The lowest BCUT2D eigenvalue weighted by Crippen LogP contribution is -2.45. The maximum absolute atomic E-state index is 13.8. The van der Waals surface area contributed by atoms with Crippen LogP contribution in [-0.2, 0) is 45.1 Å². The van der Waals surface area contributed by atoms with Gasteiger partial charge in [0.15, 0.2) is 5.78 Å². The van der Waals surface area contributed by atoms with E-state index in [0.717, 1.165) is 223 Å². The molecule has 3 aliphatic carbocycles. The molecule has 722 valence electrons. The van der Waals surface area contributed by atoms with Gasteiger partial charge < -0.3 is 59.3 Å². The monoisotopic (exact) mass is 1840 g/mol. The van der Waals surface area contributed by atoms with Crippen molar-refractivity contribution in [1.82, 2.24) is 9.47 Å². The van der Waals surface area contributed by atoms with Crippen LogP contribution in [0.1, 0.15) is 333 Å². The normalized spacial score (nSPS) is 20.3. The van der Waals surface area contributed by atoms with Crippen molar-refractivity contribution in [3.63, 3.8) is 0 Å². The Morgan fingerprint density at radius 2 is 1.20 bits per heavy atom. The van der Waals surface area contributed by atoms with Crippen LogP contribution in [0.4, 0.5) is 0 Å². The molecule has 0 unspecified atom stereocenters. The molecule has 8 aromatic carbocycles. The fourth-order valence-electron chi connectivity index (χ4n) is 21.4. The maximum Gasteiger partial charge on any atom is 0.261 e. The first kappa shape index (κ1) is 104. The molecule has 2 fully saturated rings. The van der Waals surface area contributed by atoms with Crippen LogP contribution >= 0.6 is 0 Å². The number of nitrogens with zero attached hydrogens (tertiary/aromatic N) is 2. The number of carbonyl (C=O) groups excluding carboxylic acids is 1. The number of carbonyl (C=O) groups is 1. The second-order valence-electron chi connectivity index (χ2n) is 40.7. The molecule has 1 saturated heterocycles. The predicted molar refractivity (Wildman–Crippen MR) is 543 cm³/mol. The van der Waals surface area contributed by atoms with Crippen molar-refractivity contribution in [2.75, 3.05) is 52.3 Å². The van der Waals surface area contributed by atoms with Gasteiger partial charge in [-0.3, -0.25) is 14.2 Å². The average Bonchev–Trinajstić information content (AvgIpc) is 0.907. The highest BCUT2D eigenvalue weighted by Crippen LogP contribution is 2.56. The molecule has 8 atom stereocenters. The Morgan fingerprint density at radius 1 is 0.602 bits per heavy atom. The van der Waals surface area contributed by atoms with Gasteiger partial charge in [0.2, 0.25) is 0 Å². The highest BCUT2D eigenvalue weighted by Gasteiger charge is 2.46. The van der Waals surface area contributed by atoms with E-state index in [1.807, 2.05) is 79.7 Å². The number of hydrogen-bond acceptors (Lipinski definition) is 15. The summed E-state index contributed by atoms with van der Waals surface area (Å²) >= 11 is 0. The number of aliphatic hydroxyl groups is 2. The number of rotatable bonds is 28. The van der Waals surface area contributed by atoms with E-state index in [0.29, 0.717) is 53.9 Å². The van der Waals surface area contributed by atoms with Crippen LogP contribution < -0.4 is 14.2 Å². The quantitative estimate of drug-likeness (QED) is 0.00981. The van der Waals surface area contributed by atoms with Crippen LogP contribution in [0.3, 0.4) is 0 Å². The van der Waals surface area contributed by atoms with Crippen LogP contribution in [0.15, 0.2) is 169 Å². The molecule has 18 heteroatoms. The molecule has 0 amide bonds. The highest BCUT2D eigenvalue weighted by atomic mass is 32.2. The number of ketones is 1. The lowest BCUT2D eigenvalue weighted by molar-refractivity contribution is 0.0107. The SMILES string of the molecule is C=C(C)[C@@H]1CCC(C)=C[C@H]1c1c(O)cc(CCCCC)cc1O.CCCCCCC(C)(C)c1ccc([C@@H]2C[C@H](O)CC[C@H]2CCCO)c(O)c1.CCCCCc1cc(O)c2c(c1)OC(C)(C)[C@@H]1CCC(C)=C[C@@H]21.CCCCCc1cc(O)c2c(c1)OC(C)(C)c1ccc(C)cc1-2.CS(=O)(=O)O.Cc1c(C(=O)c2ccc3ccccc3c2)c2cccc3c2n1[C@H](CN1CCOCC1)CO3. The summed E-state index contributed by atoms with van der Waals surface area (Å²) < 4.78 is 52.5. The van der Waals surface area contributed by atoms with Gasteiger partial charge in [0.1, 0.15) is 63.8 Å². The Kier molecular flexibility index (Phi) is 37.1. The first-order valence-corrected chi connectivity index (χ1v) is 51.6. The first-order valence-electron chi connectivity index (χ1n) is 49.8. The van der Waals surface area contributed by atoms with Crippen LogP contribution in [-0.4, -0.2) is 128 Å². The van der Waals surface area contributed by atoms with E-state index in [-0.39, 0.29) is 76.3 Å². The molecule has 9 aromatic rings. The fourth-order valence-corrected chi connectivity index (χ4v) is 21.4. The van der Waals surface area contributed by atoms with E-state index in [1.165, 1.54) is 98.5 Å². The molecule has 133 heavy (non-hydrogen) atoms. The van der Waals surface area contributed by atoms with Crippen molar-refractivity contribution in [1.29, 1.82) is 0 Å². The van der Waals surface area contributed by atoms with E-state index >= 15 is 0 Å². The van der Waals surface area contributed by atoms with Gasteiger partial charge >= 0.3 is 0 Å². The van der Waals surface area contributed by atoms with Crippen LogP contribution in [0.5, 0.6) is 46.0 Å². The van der Waals surface area contributed by atoms with Crippen molar-refractivity contribution < 1.29 is 72.5 Å². The van der Waals surface area contributed by atoms with Gasteiger partial charge in [-0.1, -0.05) is 226 Å². The molecule has 5 heterocycles. The van der Waals surface area contributed by atoms with E-state index < -0.39 is 10.1 Å². The van der Waals surface area contributed by atoms with E-state index in [4.69, 9.17) is 23.5 Å².